The highest BCUT2D eigenvalue weighted by molar-refractivity contribution is 5.70. The van der Waals surface area contributed by atoms with E-state index in [4.69, 9.17) is 0 Å². The molecule has 0 saturated carbocycles. The van der Waals surface area contributed by atoms with Crippen LogP contribution >= 0.6 is 0 Å². The van der Waals surface area contributed by atoms with Gasteiger partial charge in [0.1, 0.15) is 5.82 Å². The van der Waals surface area contributed by atoms with Gasteiger partial charge in [-0.1, -0.05) is 20.8 Å². The lowest BCUT2D eigenvalue weighted by molar-refractivity contribution is -0.140. The average Bonchev–Trinajstić information content (AvgIpc) is 3.05. The SMILES string of the molecule is CC(C)CCN(CC(C)C(=O)O)c1ccc(N2CCCC2)nc1. The molecule has 0 radical (unpaired) electrons. The Labute approximate surface area is 139 Å². The van der Waals surface area contributed by atoms with Crippen LogP contribution in [0.3, 0.4) is 0 Å². The van der Waals surface area contributed by atoms with Crippen LogP contribution in [0.25, 0.3) is 0 Å². The number of nitrogens with zero attached hydrogens (tertiary/aromatic N) is 3. The number of aromatic nitrogens is 1. The highest BCUT2D eigenvalue weighted by atomic mass is 16.4. The van der Waals surface area contributed by atoms with Crippen LogP contribution in [-0.2, 0) is 4.79 Å². The van der Waals surface area contributed by atoms with Gasteiger partial charge < -0.3 is 14.9 Å². The smallest absolute Gasteiger partial charge is 0.308 e. The largest absolute Gasteiger partial charge is 0.481 e. The molecule has 0 amide bonds. The first-order valence-electron chi connectivity index (χ1n) is 8.66. The zero-order chi connectivity index (χ0) is 16.8. The summed E-state index contributed by atoms with van der Waals surface area (Å²) < 4.78 is 0. The van der Waals surface area contributed by atoms with Crippen LogP contribution < -0.4 is 9.80 Å². The highest BCUT2D eigenvalue weighted by Gasteiger charge is 2.18. The zero-order valence-corrected chi connectivity index (χ0v) is 14.5. The van der Waals surface area contributed by atoms with Gasteiger partial charge in [-0.2, -0.15) is 0 Å². The summed E-state index contributed by atoms with van der Waals surface area (Å²) in [6.45, 7) is 9.68. The lowest BCUT2D eigenvalue weighted by Crippen LogP contribution is -2.33. The monoisotopic (exact) mass is 319 g/mol. The van der Waals surface area contributed by atoms with Crippen molar-refractivity contribution < 1.29 is 9.90 Å². The number of rotatable bonds is 8. The van der Waals surface area contributed by atoms with Crippen LogP contribution in [0, 0.1) is 11.8 Å². The van der Waals surface area contributed by atoms with E-state index in [1.165, 1.54) is 12.8 Å². The number of hydrogen-bond donors (Lipinski definition) is 1. The van der Waals surface area contributed by atoms with E-state index in [9.17, 15) is 9.90 Å². The van der Waals surface area contributed by atoms with Gasteiger partial charge in [-0.15, -0.1) is 0 Å². The van der Waals surface area contributed by atoms with Gasteiger partial charge in [-0.25, -0.2) is 4.98 Å². The molecule has 1 atom stereocenters. The molecule has 1 aromatic heterocycles. The lowest BCUT2D eigenvalue weighted by Gasteiger charge is -2.27. The van der Waals surface area contributed by atoms with Crippen LogP contribution in [0.15, 0.2) is 18.3 Å². The Morgan fingerprint density at radius 2 is 2.00 bits per heavy atom. The fourth-order valence-corrected chi connectivity index (χ4v) is 2.85. The number of carbonyl (C=O) groups is 1. The number of pyridine rings is 1. The number of carboxylic acids is 1. The molecule has 1 aliphatic heterocycles. The van der Waals surface area contributed by atoms with Crippen LogP contribution in [0.2, 0.25) is 0 Å². The Bertz CT molecular complexity index is 495. The first kappa shape index (κ1) is 17.6. The number of carboxylic acid groups (broad SMARTS) is 1. The summed E-state index contributed by atoms with van der Waals surface area (Å²) in [5, 5.41) is 9.19. The zero-order valence-electron chi connectivity index (χ0n) is 14.5. The van der Waals surface area contributed by atoms with E-state index < -0.39 is 5.97 Å². The van der Waals surface area contributed by atoms with Gasteiger partial charge in [0.25, 0.3) is 0 Å². The molecule has 0 bridgehead atoms. The summed E-state index contributed by atoms with van der Waals surface area (Å²) in [5.74, 6) is 0.484. The van der Waals surface area contributed by atoms with E-state index in [2.05, 4.69) is 40.8 Å². The quantitative estimate of drug-likeness (QED) is 0.797. The minimum atomic E-state index is -0.749. The van der Waals surface area contributed by atoms with Crippen molar-refractivity contribution in [3.63, 3.8) is 0 Å². The van der Waals surface area contributed by atoms with Crippen molar-refractivity contribution in [2.24, 2.45) is 11.8 Å². The summed E-state index contributed by atoms with van der Waals surface area (Å²) in [5.41, 5.74) is 1.02. The van der Waals surface area contributed by atoms with Gasteiger partial charge in [0.05, 0.1) is 17.8 Å². The summed E-state index contributed by atoms with van der Waals surface area (Å²) in [4.78, 5) is 20.2. The molecule has 2 rings (SSSR count). The fraction of sp³-hybridized carbons (Fsp3) is 0.667. The summed E-state index contributed by atoms with van der Waals surface area (Å²) in [7, 11) is 0. The summed E-state index contributed by atoms with van der Waals surface area (Å²) in [6.07, 6.45) is 5.41. The first-order chi connectivity index (χ1) is 11.0. The third-order valence-electron chi connectivity index (χ3n) is 4.42. The fourth-order valence-electron chi connectivity index (χ4n) is 2.85. The molecule has 1 aliphatic rings. The highest BCUT2D eigenvalue weighted by Crippen LogP contribution is 2.22. The topological polar surface area (TPSA) is 56.7 Å². The van der Waals surface area contributed by atoms with Crippen molar-refractivity contribution in [2.75, 3.05) is 36.0 Å². The molecule has 23 heavy (non-hydrogen) atoms. The van der Waals surface area contributed by atoms with E-state index in [-0.39, 0.29) is 5.92 Å². The second-order valence-electron chi connectivity index (χ2n) is 6.94. The normalized spacial score (nSPS) is 15.9. The van der Waals surface area contributed by atoms with E-state index in [1.54, 1.807) is 6.92 Å². The van der Waals surface area contributed by atoms with Crippen molar-refractivity contribution in [3.8, 4) is 0 Å². The minimum absolute atomic E-state index is 0.388. The van der Waals surface area contributed by atoms with Crippen molar-refractivity contribution >= 4 is 17.5 Å². The molecular formula is C18H29N3O2. The molecule has 128 valence electrons. The van der Waals surface area contributed by atoms with Crippen LogP contribution in [-0.4, -0.2) is 42.2 Å². The number of hydrogen-bond acceptors (Lipinski definition) is 4. The van der Waals surface area contributed by atoms with Gasteiger partial charge in [0, 0.05) is 26.2 Å². The van der Waals surface area contributed by atoms with Crippen molar-refractivity contribution in [1.82, 2.24) is 4.98 Å². The molecule has 5 heteroatoms. The second-order valence-corrected chi connectivity index (χ2v) is 6.94. The Morgan fingerprint density at radius 3 is 2.52 bits per heavy atom. The lowest BCUT2D eigenvalue weighted by atomic mass is 10.1. The van der Waals surface area contributed by atoms with Gasteiger partial charge in [-0.05, 0) is 37.3 Å². The van der Waals surface area contributed by atoms with Crippen molar-refractivity contribution in [3.05, 3.63) is 18.3 Å². The molecule has 1 unspecified atom stereocenters. The molecule has 1 N–H and O–H groups in total. The van der Waals surface area contributed by atoms with Crippen LogP contribution in [0.4, 0.5) is 11.5 Å². The maximum Gasteiger partial charge on any atom is 0.308 e. The Morgan fingerprint density at radius 1 is 1.30 bits per heavy atom. The van der Waals surface area contributed by atoms with E-state index in [0.717, 1.165) is 37.6 Å². The molecule has 1 aromatic rings. The molecule has 5 nitrogen and oxygen atoms in total. The Hall–Kier alpha value is -1.78. The molecule has 0 aromatic carbocycles. The summed E-state index contributed by atoms with van der Waals surface area (Å²) >= 11 is 0. The summed E-state index contributed by atoms with van der Waals surface area (Å²) in [6, 6.07) is 4.14. The molecule has 2 heterocycles. The standard InChI is InChI=1S/C18H29N3O2/c1-14(2)8-11-21(13-15(3)18(22)23)16-6-7-17(19-12-16)20-9-4-5-10-20/h6-7,12,14-15H,4-5,8-11,13H2,1-3H3,(H,22,23). The predicted octanol–water partition coefficient (Wildman–Crippen LogP) is 3.26. The maximum absolute atomic E-state index is 11.2. The Balaban J connectivity index is 2.08. The average molecular weight is 319 g/mol. The third-order valence-corrected chi connectivity index (χ3v) is 4.42. The minimum Gasteiger partial charge on any atom is -0.481 e. The molecule has 1 saturated heterocycles. The second kappa shape index (κ2) is 8.18. The van der Waals surface area contributed by atoms with Crippen LogP contribution in [0.1, 0.15) is 40.0 Å². The van der Waals surface area contributed by atoms with Crippen LogP contribution in [0.5, 0.6) is 0 Å². The number of aliphatic carboxylic acids is 1. The van der Waals surface area contributed by atoms with E-state index in [1.807, 2.05) is 6.20 Å². The number of anilines is 2. The molecular weight excluding hydrogens is 290 g/mol. The van der Waals surface area contributed by atoms with Gasteiger partial charge in [0.15, 0.2) is 0 Å². The predicted molar refractivity (Wildman–Crippen MR) is 94.2 cm³/mol. The molecule has 0 spiro atoms. The van der Waals surface area contributed by atoms with Gasteiger partial charge >= 0.3 is 5.97 Å². The van der Waals surface area contributed by atoms with Gasteiger partial charge in [-0.3, -0.25) is 4.79 Å². The maximum atomic E-state index is 11.2. The van der Waals surface area contributed by atoms with Crippen molar-refractivity contribution in [1.29, 1.82) is 0 Å². The molecule has 1 fully saturated rings. The van der Waals surface area contributed by atoms with Gasteiger partial charge in [0.2, 0.25) is 0 Å². The Kier molecular flexibility index (Phi) is 6.25. The molecule has 0 aliphatic carbocycles. The van der Waals surface area contributed by atoms with Crippen molar-refractivity contribution in [2.45, 2.75) is 40.0 Å². The first-order valence-corrected chi connectivity index (χ1v) is 8.66. The third kappa shape index (κ3) is 5.12. The van der Waals surface area contributed by atoms with E-state index in [0.29, 0.717) is 12.5 Å². The van der Waals surface area contributed by atoms with E-state index >= 15 is 0 Å².